The highest BCUT2D eigenvalue weighted by Crippen LogP contribution is 2.29. The number of methoxy groups -OCH3 is 1. The minimum Gasteiger partial charge on any atom is -0.495 e. The number of carbonyl (C=O) groups is 1. The SMILES string of the molecule is COc1ccc(S(=O)(=O)N2CCOCC2)cc1NC(=O)CN(c1ccc(I)cc1)S(C)(=O)=O. The zero-order valence-electron chi connectivity index (χ0n) is 18.0. The topological polar surface area (TPSA) is 122 Å². The summed E-state index contributed by atoms with van der Waals surface area (Å²) in [6.07, 6.45) is 1.01. The van der Waals surface area contributed by atoms with Crippen molar-refractivity contribution in [2.45, 2.75) is 4.90 Å². The van der Waals surface area contributed by atoms with Gasteiger partial charge < -0.3 is 14.8 Å². The fourth-order valence-corrected chi connectivity index (χ4v) is 5.86. The summed E-state index contributed by atoms with van der Waals surface area (Å²) in [6, 6.07) is 10.8. The number of morpholine rings is 1. The number of hydrogen-bond donors (Lipinski definition) is 1. The van der Waals surface area contributed by atoms with Crippen LogP contribution in [0.15, 0.2) is 47.4 Å². The van der Waals surface area contributed by atoms with Crippen LogP contribution in [0.1, 0.15) is 0 Å². The van der Waals surface area contributed by atoms with E-state index in [-0.39, 0.29) is 29.4 Å². The average Bonchev–Trinajstić information content (AvgIpc) is 2.78. The van der Waals surface area contributed by atoms with Crippen molar-refractivity contribution < 1.29 is 31.1 Å². The van der Waals surface area contributed by atoms with Crippen LogP contribution in [-0.4, -0.2) is 73.3 Å². The fourth-order valence-electron chi connectivity index (χ4n) is 3.21. The van der Waals surface area contributed by atoms with E-state index in [1.807, 2.05) is 0 Å². The van der Waals surface area contributed by atoms with Crippen LogP contribution in [0.5, 0.6) is 5.75 Å². The van der Waals surface area contributed by atoms with E-state index in [1.54, 1.807) is 24.3 Å². The molecular weight excluding hydrogens is 585 g/mol. The number of rotatable bonds is 8. The molecule has 0 unspecified atom stereocenters. The summed E-state index contributed by atoms with van der Waals surface area (Å²) in [7, 11) is -6.17. The van der Waals surface area contributed by atoms with Gasteiger partial charge in [-0.3, -0.25) is 9.10 Å². The second kappa shape index (κ2) is 10.5. The van der Waals surface area contributed by atoms with Crippen LogP contribution >= 0.6 is 22.6 Å². The van der Waals surface area contributed by atoms with Gasteiger partial charge in [-0.15, -0.1) is 0 Å². The highest BCUT2D eigenvalue weighted by atomic mass is 127. The van der Waals surface area contributed by atoms with E-state index in [4.69, 9.17) is 9.47 Å². The average molecular weight is 609 g/mol. The number of ether oxygens (including phenoxy) is 2. The van der Waals surface area contributed by atoms with Gasteiger partial charge in [0.25, 0.3) is 0 Å². The van der Waals surface area contributed by atoms with Gasteiger partial charge in [-0.05, 0) is 65.1 Å². The standard InChI is InChI=1S/C20H24IN3O7S2/c1-30-19-8-7-17(33(28,29)23-9-11-31-12-10-23)13-18(19)22-20(25)14-24(32(2,26)27)16-5-3-15(21)4-6-16/h3-8,13H,9-12,14H2,1-2H3,(H,22,25). The summed E-state index contributed by atoms with van der Waals surface area (Å²) in [4.78, 5) is 12.8. The van der Waals surface area contributed by atoms with E-state index in [0.29, 0.717) is 18.9 Å². The minimum absolute atomic E-state index is 0.0156. The molecule has 0 spiro atoms. The third kappa shape index (κ3) is 6.35. The Hall–Kier alpha value is -1.94. The zero-order valence-corrected chi connectivity index (χ0v) is 21.8. The second-order valence-electron chi connectivity index (χ2n) is 7.17. The number of nitrogens with zero attached hydrogens (tertiary/aromatic N) is 2. The first-order valence-electron chi connectivity index (χ1n) is 9.81. The molecule has 0 aliphatic carbocycles. The van der Waals surface area contributed by atoms with Gasteiger partial charge >= 0.3 is 0 Å². The molecule has 0 saturated carbocycles. The van der Waals surface area contributed by atoms with Crippen LogP contribution in [0, 0.1) is 3.57 Å². The monoisotopic (exact) mass is 609 g/mol. The Labute approximate surface area is 207 Å². The maximum atomic E-state index is 13.0. The quantitative estimate of drug-likeness (QED) is 0.453. The molecule has 1 amide bonds. The lowest BCUT2D eigenvalue weighted by Gasteiger charge is -2.26. The number of carbonyl (C=O) groups excluding carboxylic acids is 1. The molecule has 33 heavy (non-hydrogen) atoms. The Bertz CT molecular complexity index is 1210. The molecule has 0 atom stereocenters. The van der Waals surface area contributed by atoms with Crippen molar-refractivity contribution in [1.82, 2.24) is 4.31 Å². The Kier molecular flexibility index (Phi) is 8.21. The van der Waals surface area contributed by atoms with Gasteiger partial charge in [-0.25, -0.2) is 16.8 Å². The first kappa shape index (κ1) is 25.7. The van der Waals surface area contributed by atoms with Gasteiger partial charge in [-0.2, -0.15) is 4.31 Å². The molecule has 1 saturated heterocycles. The molecule has 1 aliphatic rings. The smallest absolute Gasteiger partial charge is 0.245 e. The maximum absolute atomic E-state index is 13.0. The van der Waals surface area contributed by atoms with Crippen molar-refractivity contribution in [3.05, 3.63) is 46.0 Å². The predicted molar refractivity (Wildman–Crippen MR) is 133 cm³/mol. The van der Waals surface area contributed by atoms with Gasteiger partial charge in [0, 0.05) is 16.7 Å². The van der Waals surface area contributed by atoms with Gasteiger partial charge in [-0.1, -0.05) is 0 Å². The first-order valence-corrected chi connectivity index (χ1v) is 14.2. The molecule has 1 heterocycles. The van der Waals surface area contributed by atoms with E-state index in [2.05, 4.69) is 27.9 Å². The molecule has 0 bridgehead atoms. The van der Waals surface area contributed by atoms with Gasteiger partial charge in [0.2, 0.25) is 26.0 Å². The number of halogens is 1. The summed E-state index contributed by atoms with van der Waals surface area (Å²) in [5, 5.41) is 2.58. The Morgan fingerprint density at radius 1 is 1.12 bits per heavy atom. The van der Waals surface area contributed by atoms with Crippen molar-refractivity contribution in [2.75, 3.05) is 55.8 Å². The first-order chi connectivity index (χ1) is 15.5. The van der Waals surface area contributed by atoms with E-state index in [9.17, 15) is 21.6 Å². The Balaban J connectivity index is 1.85. The van der Waals surface area contributed by atoms with Crippen LogP contribution in [0.2, 0.25) is 0 Å². The fraction of sp³-hybridized carbons (Fsp3) is 0.350. The Morgan fingerprint density at radius 2 is 1.76 bits per heavy atom. The van der Waals surface area contributed by atoms with E-state index >= 15 is 0 Å². The van der Waals surface area contributed by atoms with Gasteiger partial charge in [0.15, 0.2) is 0 Å². The lowest BCUT2D eigenvalue weighted by molar-refractivity contribution is -0.114. The molecule has 10 nitrogen and oxygen atoms in total. The van der Waals surface area contributed by atoms with Crippen molar-refractivity contribution in [3.63, 3.8) is 0 Å². The summed E-state index contributed by atoms with van der Waals surface area (Å²) < 4.78 is 64.2. The molecule has 13 heteroatoms. The molecule has 2 aromatic carbocycles. The summed E-state index contributed by atoms with van der Waals surface area (Å²) in [5.41, 5.74) is 0.455. The maximum Gasteiger partial charge on any atom is 0.245 e. The highest BCUT2D eigenvalue weighted by molar-refractivity contribution is 14.1. The van der Waals surface area contributed by atoms with Crippen molar-refractivity contribution in [3.8, 4) is 5.75 Å². The molecule has 0 aromatic heterocycles. The largest absolute Gasteiger partial charge is 0.495 e. The molecular formula is C20H24IN3O7S2. The molecule has 3 rings (SSSR count). The molecule has 2 aromatic rings. The van der Waals surface area contributed by atoms with Crippen LogP contribution in [0.3, 0.4) is 0 Å². The van der Waals surface area contributed by atoms with Crippen LogP contribution in [0.4, 0.5) is 11.4 Å². The van der Waals surface area contributed by atoms with Crippen LogP contribution < -0.4 is 14.4 Å². The molecule has 180 valence electrons. The second-order valence-corrected chi connectivity index (χ2v) is 12.3. The van der Waals surface area contributed by atoms with E-state index in [0.717, 1.165) is 14.1 Å². The third-order valence-corrected chi connectivity index (χ3v) is 8.61. The lowest BCUT2D eigenvalue weighted by atomic mass is 10.3. The molecule has 1 aliphatic heterocycles. The van der Waals surface area contributed by atoms with E-state index < -0.39 is 32.5 Å². The third-order valence-electron chi connectivity index (χ3n) is 4.86. The number of anilines is 2. The van der Waals surface area contributed by atoms with Crippen LogP contribution in [-0.2, 0) is 29.6 Å². The number of nitrogens with one attached hydrogen (secondary N) is 1. The molecule has 1 fully saturated rings. The van der Waals surface area contributed by atoms with Crippen molar-refractivity contribution in [2.24, 2.45) is 0 Å². The minimum atomic E-state index is -3.80. The summed E-state index contributed by atoms with van der Waals surface area (Å²) in [6.45, 7) is 0.575. The number of amides is 1. The zero-order chi connectivity index (χ0) is 24.2. The molecule has 0 radical (unpaired) electrons. The molecule has 1 N–H and O–H groups in total. The van der Waals surface area contributed by atoms with Crippen molar-refractivity contribution >= 4 is 59.9 Å². The normalized spacial score (nSPS) is 15.1. The Morgan fingerprint density at radius 3 is 2.33 bits per heavy atom. The number of sulfonamides is 2. The van der Waals surface area contributed by atoms with Gasteiger partial charge in [0.05, 0.1) is 42.8 Å². The van der Waals surface area contributed by atoms with Crippen molar-refractivity contribution in [1.29, 1.82) is 0 Å². The van der Waals surface area contributed by atoms with Crippen LogP contribution in [0.25, 0.3) is 0 Å². The summed E-state index contributed by atoms with van der Waals surface area (Å²) in [5.74, 6) is -0.414. The number of benzene rings is 2. The predicted octanol–water partition coefficient (Wildman–Crippen LogP) is 1.73. The lowest BCUT2D eigenvalue weighted by Crippen LogP contribution is -2.40. The summed E-state index contributed by atoms with van der Waals surface area (Å²) >= 11 is 2.09. The highest BCUT2D eigenvalue weighted by Gasteiger charge is 2.28. The number of hydrogen-bond acceptors (Lipinski definition) is 7. The van der Waals surface area contributed by atoms with E-state index in [1.165, 1.54) is 29.6 Å². The van der Waals surface area contributed by atoms with Gasteiger partial charge in [0.1, 0.15) is 12.3 Å².